The molecule has 10 heteroatoms. The molecular formula is C22H22Br2F2O6. The molecule has 174 valence electrons. The van der Waals surface area contributed by atoms with E-state index in [0.29, 0.717) is 5.56 Å². The van der Waals surface area contributed by atoms with Crippen LogP contribution in [0.4, 0.5) is 8.78 Å². The molecule has 0 aromatic heterocycles. The predicted octanol–water partition coefficient (Wildman–Crippen LogP) is 6.32. The first-order valence-electron chi connectivity index (χ1n) is 8.11. The van der Waals surface area contributed by atoms with Crippen LogP contribution in [0.15, 0.2) is 57.5 Å². The smallest absolute Gasteiger partial charge is 0.328 e. The predicted molar refractivity (Wildman–Crippen MR) is 124 cm³/mol. The summed E-state index contributed by atoms with van der Waals surface area (Å²) in [4.78, 5) is 43.1. The van der Waals surface area contributed by atoms with Crippen molar-refractivity contribution < 1.29 is 38.2 Å². The van der Waals surface area contributed by atoms with Crippen molar-refractivity contribution in [3.05, 3.63) is 80.3 Å². The lowest BCUT2D eigenvalue weighted by Crippen LogP contribution is -2.03. The van der Waals surface area contributed by atoms with E-state index in [0.717, 1.165) is 24.3 Å². The van der Waals surface area contributed by atoms with Gasteiger partial charge in [0, 0.05) is 23.6 Å². The van der Waals surface area contributed by atoms with Crippen LogP contribution >= 0.6 is 31.9 Å². The van der Waals surface area contributed by atoms with Gasteiger partial charge in [-0.05, 0) is 74.3 Å². The minimum absolute atomic E-state index is 0. The molecule has 0 aliphatic heterocycles. The summed E-state index contributed by atoms with van der Waals surface area (Å²) in [6, 6.07) is 7.56. The Morgan fingerprint density at radius 1 is 0.781 bits per heavy atom. The van der Waals surface area contributed by atoms with Crippen LogP contribution in [0.5, 0.6) is 0 Å². The first-order valence-corrected chi connectivity index (χ1v) is 9.70. The van der Waals surface area contributed by atoms with Crippen molar-refractivity contribution >= 4 is 55.4 Å². The van der Waals surface area contributed by atoms with Gasteiger partial charge >= 0.3 is 11.9 Å². The molecule has 0 saturated heterocycles. The average Bonchev–Trinajstić information content (AvgIpc) is 2.68. The van der Waals surface area contributed by atoms with E-state index in [2.05, 4.69) is 31.9 Å². The number of carboxylic acids is 2. The van der Waals surface area contributed by atoms with Gasteiger partial charge in [0.1, 0.15) is 11.6 Å². The fourth-order valence-corrected chi connectivity index (χ4v) is 2.68. The molecule has 0 saturated carbocycles. The Bertz CT molecular complexity index is 1010. The van der Waals surface area contributed by atoms with E-state index in [1.807, 2.05) is 0 Å². The molecule has 2 N–H and O–H groups in total. The van der Waals surface area contributed by atoms with E-state index in [4.69, 9.17) is 10.2 Å². The fraction of sp³-hybridized carbons (Fsp3) is 0.182. The quantitative estimate of drug-likeness (QED) is 0.293. The lowest BCUT2D eigenvalue weighted by molar-refractivity contribution is -0.137. The maximum absolute atomic E-state index is 12.8. The number of halogens is 4. The molecule has 2 rings (SSSR count). The Balaban J connectivity index is 0. The van der Waals surface area contributed by atoms with Crippen molar-refractivity contribution in [2.45, 2.75) is 27.7 Å². The normalized spacial score (nSPS) is 9.62. The van der Waals surface area contributed by atoms with Crippen molar-refractivity contribution in [3.63, 3.8) is 0 Å². The molecular weight excluding hydrogens is 558 g/mol. The van der Waals surface area contributed by atoms with Crippen LogP contribution in [-0.4, -0.2) is 33.7 Å². The lowest BCUT2D eigenvalue weighted by Gasteiger charge is -2.00. The van der Waals surface area contributed by atoms with Gasteiger partial charge in [-0.2, -0.15) is 0 Å². The van der Waals surface area contributed by atoms with E-state index in [-0.39, 0.29) is 48.0 Å². The summed E-state index contributed by atoms with van der Waals surface area (Å²) < 4.78 is 26.0. The average molecular weight is 580 g/mol. The third kappa shape index (κ3) is 11.1. The summed E-state index contributed by atoms with van der Waals surface area (Å²) >= 11 is 5.88. The van der Waals surface area contributed by atoms with Gasteiger partial charge in [0.25, 0.3) is 0 Å². The Labute approximate surface area is 201 Å². The van der Waals surface area contributed by atoms with Crippen molar-refractivity contribution in [3.8, 4) is 0 Å². The summed E-state index contributed by atoms with van der Waals surface area (Å²) in [5, 5.41) is 16.7. The number of carboxylic acid groups (broad SMARTS) is 2. The fourth-order valence-electron chi connectivity index (χ4n) is 1.93. The Hall–Kier alpha value is -2.72. The molecule has 2 aromatic carbocycles. The molecule has 0 aliphatic rings. The number of hydrogen-bond donors (Lipinski definition) is 2. The van der Waals surface area contributed by atoms with Crippen molar-refractivity contribution in [2.24, 2.45) is 0 Å². The zero-order valence-corrected chi connectivity index (χ0v) is 18.2. The van der Waals surface area contributed by atoms with Crippen molar-refractivity contribution in [1.29, 1.82) is 0 Å². The minimum atomic E-state index is -1.20. The molecule has 0 radical (unpaired) electrons. The molecule has 0 heterocycles. The summed E-state index contributed by atoms with van der Waals surface area (Å²) in [5.41, 5.74) is 0.533. The molecule has 0 aliphatic carbocycles. The lowest BCUT2D eigenvalue weighted by atomic mass is 10.1. The summed E-state index contributed by atoms with van der Waals surface area (Å²) in [5.74, 6) is -3.95. The van der Waals surface area contributed by atoms with Crippen LogP contribution in [0, 0.1) is 11.6 Å². The van der Waals surface area contributed by atoms with Gasteiger partial charge in [-0.15, -0.1) is 0 Å². The van der Waals surface area contributed by atoms with E-state index in [9.17, 15) is 28.0 Å². The van der Waals surface area contributed by atoms with Crippen LogP contribution in [0.25, 0.3) is 0 Å². The number of Topliss-reactive ketones (excluding diaryl/α,β-unsaturated/α-hetero) is 1. The highest BCUT2D eigenvalue weighted by molar-refractivity contribution is 9.10. The van der Waals surface area contributed by atoms with Crippen LogP contribution in [0.2, 0.25) is 0 Å². The minimum Gasteiger partial charge on any atom is -0.481 e. The highest BCUT2D eigenvalue weighted by Gasteiger charge is 2.10. The number of carbonyl (C=O) groups excluding carboxylic acids is 2. The summed E-state index contributed by atoms with van der Waals surface area (Å²) in [7, 11) is 0. The second-order valence-corrected chi connectivity index (χ2v) is 7.32. The number of hydrogen-bond acceptors (Lipinski definition) is 4. The Morgan fingerprint density at radius 2 is 1.25 bits per heavy atom. The Kier molecular flexibility index (Phi) is 14.9. The number of allylic oxidation sites excluding steroid dienone is 1. The van der Waals surface area contributed by atoms with Crippen LogP contribution in [0.1, 0.15) is 48.4 Å². The maximum Gasteiger partial charge on any atom is 0.328 e. The number of carbonyl (C=O) groups is 4. The van der Waals surface area contributed by atoms with Gasteiger partial charge in [-0.1, -0.05) is 14.9 Å². The standard InChI is InChI=1S/C10H8BrFO3.C10H6BrFO3.2CH4/c2*11-7-5-6(1-2-8(7)12)9(13)3-4-10(14)15;;/h1-2,5H,3-4H2,(H,14,15);1-5H,(H,14,15);2*1H4/b;4-3+;;. The van der Waals surface area contributed by atoms with Crippen LogP contribution in [-0.2, 0) is 9.59 Å². The first kappa shape index (κ1) is 31.5. The largest absolute Gasteiger partial charge is 0.481 e. The molecule has 0 unspecified atom stereocenters. The molecule has 0 amide bonds. The van der Waals surface area contributed by atoms with Gasteiger partial charge in [-0.25, -0.2) is 13.6 Å². The number of aliphatic carboxylic acids is 2. The van der Waals surface area contributed by atoms with Gasteiger partial charge in [0.2, 0.25) is 0 Å². The van der Waals surface area contributed by atoms with Crippen molar-refractivity contribution in [2.75, 3.05) is 0 Å². The molecule has 6 nitrogen and oxygen atoms in total. The molecule has 0 fully saturated rings. The Morgan fingerprint density at radius 3 is 1.69 bits per heavy atom. The van der Waals surface area contributed by atoms with E-state index >= 15 is 0 Å². The zero-order valence-electron chi connectivity index (χ0n) is 15.1. The maximum atomic E-state index is 12.8. The summed E-state index contributed by atoms with van der Waals surface area (Å²) in [6.07, 6.45) is 1.36. The molecule has 2 aromatic rings. The number of ketones is 2. The third-order valence-corrected chi connectivity index (χ3v) is 4.60. The van der Waals surface area contributed by atoms with Crippen LogP contribution in [0.3, 0.4) is 0 Å². The van der Waals surface area contributed by atoms with Gasteiger partial charge in [0.05, 0.1) is 15.4 Å². The molecule has 0 bridgehead atoms. The second kappa shape index (κ2) is 15.1. The number of rotatable bonds is 7. The zero-order chi connectivity index (χ0) is 22.8. The van der Waals surface area contributed by atoms with E-state index < -0.39 is 29.4 Å². The van der Waals surface area contributed by atoms with Crippen LogP contribution < -0.4 is 0 Å². The first-order chi connectivity index (χ1) is 14.0. The summed E-state index contributed by atoms with van der Waals surface area (Å²) in [6.45, 7) is 0. The molecule has 0 atom stereocenters. The van der Waals surface area contributed by atoms with Crippen molar-refractivity contribution in [1.82, 2.24) is 0 Å². The van der Waals surface area contributed by atoms with E-state index in [1.54, 1.807) is 0 Å². The van der Waals surface area contributed by atoms with E-state index in [1.165, 1.54) is 24.3 Å². The molecule has 0 spiro atoms. The van der Waals surface area contributed by atoms with Gasteiger partial charge < -0.3 is 10.2 Å². The second-order valence-electron chi connectivity index (χ2n) is 5.61. The van der Waals surface area contributed by atoms with Gasteiger partial charge in [0.15, 0.2) is 11.6 Å². The highest BCUT2D eigenvalue weighted by Crippen LogP contribution is 2.18. The topological polar surface area (TPSA) is 109 Å². The molecule has 32 heavy (non-hydrogen) atoms. The number of benzene rings is 2. The monoisotopic (exact) mass is 578 g/mol. The third-order valence-electron chi connectivity index (χ3n) is 3.39. The SMILES string of the molecule is C.C.O=C(O)/C=C/C(=O)c1ccc(F)c(Br)c1.O=C(O)CCC(=O)c1ccc(F)c(Br)c1. The highest BCUT2D eigenvalue weighted by atomic mass is 79.9. The van der Waals surface area contributed by atoms with Gasteiger partial charge in [-0.3, -0.25) is 14.4 Å².